The molecule has 3 N–H and O–H groups in total. The molecular weight excluding hydrogens is 449 g/mol. The maximum atomic E-state index is 14.0. The summed E-state index contributed by atoms with van der Waals surface area (Å²) >= 11 is 1.25. The van der Waals surface area contributed by atoms with E-state index in [-0.39, 0.29) is 5.82 Å². The molecule has 2 heterocycles. The van der Waals surface area contributed by atoms with Gasteiger partial charge < -0.3 is 14.9 Å². The quantitative estimate of drug-likeness (QED) is 0.200. The highest BCUT2D eigenvalue weighted by Crippen LogP contribution is 2.29. The third-order valence-electron chi connectivity index (χ3n) is 5.43. The van der Waals surface area contributed by atoms with Gasteiger partial charge in [-0.1, -0.05) is 6.07 Å². The number of nitrogens with zero attached hydrogens (tertiary/aromatic N) is 4. The van der Waals surface area contributed by atoms with E-state index in [1.807, 2.05) is 44.2 Å². The second kappa shape index (κ2) is 10.8. The highest BCUT2D eigenvalue weighted by molar-refractivity contribution is 8.00. The number of unbranched alkanes of at least 4 members (excludes halogenated alkanes) is 1. The van der Waals surface area contributed by atoms with E-state index in [1.165, 1.54) is 18.0 Å². The number of aromatic amines is 1. The van der Waals surface area contributed by atoms with Crippen LogP contribution in [0.25, 0.3) is 22.4 Å². The van der Waals surface area contributed by atoms with Gasteiger partial charge in [0.05, 0.1) is 10.3 Å². The first-order valence-corrected chi connectivity index (χ1v) is 12.1. The van der Waals surface area contributed by atoms with E-state index in [4.69, 9.17) is 4.98 Å². The molecule has 0 saturated heterocycles. The van der Waals surface area contributed by atoms with E-state index in [0.717, 1.165) is 59.6 Å². The first-order chi connectivity index (χ1) is 16.4. The maximum absolute atomic E-state index is 14.0. The molecule has 4 rings (SSSR count). The first-order valence-electron chi connectivity index (χ1n) is 11.3. The van der Waals surface area contributed by atoms with Crippen molar-refractivity contribution in [1.29, 1.82) is 0 Å². The molecular formula is C25H30FN7S. The number of H-pyrrole nitrogens is 1. The zero-order valence-corrected chi connectivity index (χ0v) is 20.8. The zero-order chi connectivity index (χ0) is 24.1. The minimum absolute atomic E-state index is 0.238. The number of halogens is 1. The van der Waals surface area contributed by atoms with Gasteiger partial charge in [0.1, 0.15) is 11.6 Å². The fraction of sp³-hybridized carbons (Fsp3) is 0.320. The summed E-state index contributed by atoms with van der Waals surface area (Å²) in [5.74, 6) is 1.17. The Kier molecular flexibility index (Phi) is 7.64. The number of hydrogen-bond acceptors (Lipinski definition) is 7. The summed E-state index contributed by atoms with van der Waals surface area (Å²) in [6.45, 7) is 5.82. The summed E-state index contributed by atoms with van der Waals surface area (Å²) in [5, 5.41) is 11.8. The van der Waals surface area contributed by atoms with Crippen LogP contribution < -0.4 is 10.0 Å². The van der Waals surface area contributed by atoms with Crippen LogP contribution in [0.5, 0.6) is 0 Å². The molecule has 0 aliphatic rings. The number of rotatable bonds is 10. The Morgan fingerprint density at radius 1 is 1.03 bits per heavy atom. The van der Waals surface area contributed by atoms with Gasteiger partial charge in [-0.3, -0.25) is 5.10 Å². The summed E-state index contributed by atoms with van der Waals surface area (Å²) in [5.41, 5.74) is 4.36. The number of benzene rings is 2. The van der Waals surface area contributed by atoms with Crippen molar-refractivity contribution in [3.05, 3.63) is 59.5 Å². The standard InChI is InChI=1S/C25H30FN7S/c1-16-7-12-20(26)21(15-16)34-32-19-10-8-18(9-11-19)23-28-24(27-13-5-6-14-33(3)4)22-17(2)30-31-25(22)29-23/h7-12,15,32H,5-6,13-14H2,1-4H3,(H2,27,28,29,30,31). The zero-order valence-electron chi connectivity index (χ0n) is 19.9. The molecule has 34 heavy (non-hydrogen) atoms. The van der Waals surface area contributed by atoms with E-state index in [9.17, 15) is 4.39 Å². The summed E-state index contributed by atoms with van der Waals surface area (Å²) in [6, 6.07) is 12.9. The van der Waals surface area contributed by atoms with Crippen molar-refractivity contribution in [2.24, 2.45) is 0 Å². The van der Waals surface area contributed by atoms with Crippen LogP contribution in [0.2, 0.25) is 0 Å². The molecule has 0 aliphatic carbocycles. The molecule has 0 bridgehead atoms. The van der Waals surface area contributed by atoms with Crippen molar-refractivity contribution in [3.8, 4) is 11.4 Å². The Morgan fingerprint density at radius 2 is 1.82 bits per heavy atom. The van der Waals surface area contributed by atoms with Crippen LogP contribution in [0.15, 0.2) is 47.4 Å². The van der Waals surface area contributed by atoms with Gasteiger partial charge in [-0.05, 0) is 101 Å². The highest BCUT2D eigenvalue weighted by atomic mass is 32.2. The summed E-state index contributed by atoms with van der Waals surface area (Å²) in [6.07, 6.45) is 2.17. The molecule has 178 valence electrons. The molecule has 0 amide bonds. The smallest absolute Gasteiger partial charge is 0.186 e. The molecule has 0 saturated carbocycles. The Morgan fingerprint density at radius 3 is 2.59 bits per heavy atom. The molecule has 0 unspecified atom stereocenters. The second-order valence-electron chi connectivity index (χ2n) is 8.60. The third-order valence-corrected chi connectivity index (χ3v) is 6.30. The molecule has 4 aromatic rings. The fourth-order valence-corrected chi connectivity index (χ4v) is 4.35. The molecule has 7 nitrogen and oxygen atoms in total. The average molecular weight is 480 g/mol. The Balaban J connectivity index is 1.48. The molecule has 0 spiro atoms. The van der Waals surface area contributed by atoms with E-state index >= 15 is 0 Å². The SMILES string of the molecule is Cc1ccc(F)c(SNc2ccc(-c3nc(NCCCCN(C)C)c4c(C)[nH]nc4n3)cc2)c1. The number of aryl methyl sites for hydroxylation is 2. The maximum Gasteiger partial charge on any atom is 0.186 e. The monoisotopic (exact) mass is 479 g/mol. The molecule has 0 aliphatic heterocycles. The van der Waals surface area contributed by atoms with Gasteiger partial charge in [0.25, 0.3) is 0 Å². The van der Waals surface area contributed by atoms with Crippen LogP contribution in [-0.2, 0) is 0 Å². The fourth-order valence-electron chi connectivity index (χ4n) is 3.57. The molecule has 0 radical (unpaired) electrons. The van der Waals surface area contributed by atoms with E-state index in [1.54, 1.807) is 6.07 Å². The minimum Gasteiger partial charge on any atom is -0.369 e. The van der Waals surface area contributed by atoms with Crippen molar-refractivity contribution < 1.29 is 4.39 Å². The van der Waals surface area contributed by atoms with Crippen molar-refractivity contribution in [3.63, 3.8) is 0 Å². The van der Waals surface area contributed by atoms with Crippen LogP contribution in [0, 0.1) is 19.7 Å². The largest absolute Gasteiger partial charge is 0.369 e. The predicted molar refractivity (Wildman–Crippen MR) is 139 cm³/mol. The van der Waals surface area contributed by atoms with Crippen molar-refractivity contribution in [2.45, 2.75) is 31.6 Å². The van der Waals surface area contributed by atoms with Crippen LogP contribution >= 0.6 is 11.9 Å². The first kappa shape index (κ1) is 24.0. The minimum atomic E-state index is -0.238. The highest BCUT2D eigenvalue weighted by Gasteiger charge is 2.14. The van der Waals surface area contributed by atoms with Gasteiger partial charge in [0.15, 0.2) is 11.5 Å². The van der Waals surface area contributed by atoms with Crippen molar-refractivity contribution >= 4 is 34.5 Å². The molecule has 0 fully saturated rings. The van der Waals surface area contributed by atoms with Gasteiger partial charge in [-0.25, -0.2) is 14.4 Å². The van der Waals surface area contributed by atoms with E-state index < -0.39 is 0 Å². The third kappa shape index (κ3) is 5.84. The number of fused-ring (bicyclic) bond motifs is 1. The molecule has 2 aromatic heterocycles. The van der Waals surface area contributed by atoms with E-state index in [2.05, 4.69) is 44.2 Å². The second-order valence-corrected chi connectivity index (χ2v) is 9.44. The number of aromatic nitrogens is 4. The van der Waals surface area contributed by atoms with Crippen molar-refractivity contribution in [1.82, 2.24) is 25.1 Å². The van der Waals surface area contributed by atoms with Gasteiger partial charge >= 0.3 is 0 Å². The van der Waals surface area contributed by atoms with Gasteiger partial charge in [0, 0.05) is 23.5 Å². The predicted octanol–water partition coefficient (Wildman–Crippen LogP) is 5.65. The molecule has 9 heteroatoms. The average Bonchev–Trinajstić information content (AvgIpc) is 3.20. The van der Waals surface area contributed by atoms with Gasteiger partial charge in [0.2, 0.25) is 0 Å². The van der Waals surface area contributed by atoms with Crippen LogP contribution in [-0.4, -0.2) is 52.3 Å². The number of nitrogens with one attached hydrogen (secondary N) is 3. The van der Waals surface area contributed by atoms with Crippen molar-refractivity contribution in [2.75, 3.05) is 37.2 Å². The summed E-state index contributed by atoms with van der Waals surface area (Å²) in [7, 11) is 4.17. The lowest BCUT2D eigenvalue weighted by Crippen LogP contribution is -2.14. The summed E-state index contributed by atoms with van der Waals surface area (Å²) < 4.78 is 17.2. The van der Waals surface area contributed by atoms with Gasteiger partial charge in [-0.2, -0.15) is 5.10 Å². The normalized spacial score (nSPS) is 11.4. The van der Waals surface area contributed by atoms with Crippen LogP contribution in [0.1, 0.15) is 24.1 Å². The Hall–Kier alpha value is -3.17. The van der Waals surface area contributed by atoms with Crippen LogP contribution in [0.3, 0.4) is 0 Å². The number of hydrogen-bond donors (Lipinski definition) is 3. The lowest BCUT2D eigenvalue weighted by Gasteiger charge is -2.11. The van der Waals surface area contributed by atoms with Crippen LogP contribution in [0.4, 0.5) is 15.9 Å². The molecule has 2 aromatic carbocycles. The molecule has 0 atom stereocenters. The Bertz CT molecular complexity index is 1250. The summed E-state index contributed by atoms with van der Waals surface area (Å²) in [4.78, 5) is 12.2. The topological polar surface area (TPSA) is 81.8 Å². The lowest BCUT2D eigenvalue weighted by atomic mass is 10.2. The van der Waals surface area contributed by atoms with E-state index in [0.29, 0.717) is 16.4 Å². The number of anilines is 2. The Labute approximate surface area is 203 Å². The lowest BCUT2D eigenvalue weighted by molar-refractivity contribution is 0.396. The van der Waals surface area contributed by atoms with Gasteiger partial charge in [-0.15, -0.1) is 0 Å².